The zero-order chi connectivity index (χ0) is 13.8. The zero-order valence-corrected chi connectivity index (χ0v) is 11.6. The summed E-state index contributed by atoms with van der Waals surface area (Å²) in [4.78, 5) is 12.1. The molecule has 0 fully saturated rings. The molecule has 0 aliphatic carbocycles. The van der Waals surface area contributed by atoms with Gasteiger partial charge in [-0.2, -0.15) is 0 Å². The Morgan fingerprint density at radius 3 is 2.58 bits per heavy atom. The minimum Gasteiger partial charge on any atom is -0.493 e. The predicted molar refractivity (Wildman–Crippen MR) is 77.4 cm³/mol. The zero-order valence-electron chi connectivity index (χ0n) is 10.1. The summed E-state index contributed by atoms with van der Waals surface area (Å²) in [5, 5.41) is 3.68. The molecule has 0 aliphatic rings. The van der Waals surface area contributed by atoms with Crippen LogP contribution in [0.25, 0.3) is 0 Å². The van der Waals surface area contributed by atoms with Gasteiger partial charge in [0.2, 0.25) is 0 Å². The van der Waals surface area contributed by atoms with E-state index in [9.17, 15) is 4.79 Å². The van der Waals surface area contributed by atoms with Crippen LogP contribution >= 0.6 is 23.2 Å². The first-order valence-corrected chi connectivity index (χ1v) is 6.27. The summed E-state index contributed by atoms with van der Waals surface area (Å²) in [5.41, 5.74) is 0.981. The van der Waals surface area contributed by atoms with E-state index in [1.54, 1.807) is 42.5 Å². The Labute approximate surface area is 121 Å². The molecule has 0 aromatic heterocycles. The number of ether oxygens (including phenoxy) is 1. The van der Waals surface area contributed by atoms with Crippen LogP contribution < -0.4 is 10.1 Å². The van der Waals surface area contributed by atoms with Gasteiger partial charge in [0.05, 0.1) is 17.8 Å². The van der Waals surface area contributed by atoms with Gasteiger partial charge in [-0.1, -0.05) is 35.3 Å². The van der Waals surface area contributed by atoms with E-state index in [4.69, 9.17) is 27.9 Å². The van der Waals surface area contributed by atoms with Crippen LogP contribution in [-0.4, -0.2) is 13.0 Å². The summed E-state index contributed by atoms with van der Waals surface area (Å²) >= 11 is 11.8. The molecular weight excluding hydrogens is 285 g/mol. The second-order valence-electron chi connectivity index (χ2n) is 3.79. The van der Waals surface area contributed by atoms with Crippen molar-refractivity contribution in [1.29, 1.82) is 0 Å². The lowest BCUT2D eigenvalue weighted by atomic mass is 10.2. The van der Waals surface area contributed by atoms with Crippen LogP contribution in [0.1, 0.15) is 10.4 Å². The van der Waals surface area contributed by atoms with Crippen molar-refractivity contribution >= 4 is 34.8 Å². The van der Waals surface area contributed by atoms with E-state index in [0.29, 0.717) is 27.0 Å². The molecule has 2 rings (SSSR count). The smallest absolute Gasteiger partial charge is 0.255 e. The van der Waals surface area contributed by atoms with Crippen molar-refractivity contribution in [1.82, 2.24) is 0 Å². The molecule has 2 aromatic rings. The van der Waals surface area contributed by atoms with E-state index in [-0.39, 0.29) is 5.91 Å². The number of halogens is 2. The Kier molecular flexibility index (Phi) is 4.30. The quantitative estimate of drug-likeness (QED) is 0.919. The Morgan fingerprint density at radius 1 is 1.16 bits per heavy atom. The normalized spacial score (nSPS) is 10.1. The summed E-state index contributed by atoms with van der Waals surface area (Å²) < 4.78 is 5.16. The Bertz CT molecular complexity index is 614. The topological polar surface area (TPSA) is 38.3 Å². The first kappa shape index (κ1) is 13.7. The monoisotopic (exact) mass is 295 g/mol. The van der Waals surface area contributed by atoms with Crippen LogP contribution in [0.2, 0.25) is 10.0 Å². The maximum atomic E-state index is 12.1. The molecule has 0 bridgehead atoms. The molecule has 1 N–H and O–H groups in total. The summed E-state index contributed by atoms with van der Waals surface area (Å²) in [6, 6.07) is 11.8. The number of carbonyl (C=O) groups excluding carboxylic acids is 1. The lowest BCUT2D eigenvalue weighted by Gasteiger charge is -2.11. The van der Waals surface area contributed by atoms with Crippen molar-refractivity contribution in [2.75, 3.05) is 12.4 Å². The number of anilines is 1. The van der Waals surface area contributed by atoms with E-state index in [1.807, 2.05) is 0 Å². The highest BCUT2D eigenvalue weighted by Crippen LogP contribution is 2.32. The highest BCUT2D eigenvalue weighted by molar-refractivity contribution is 6.32. The average Bonchev–Trinajstić information content (AvgIpc) is 2.39. The number of rotatable bonds is 3. The molecule has 0 saturated carbocycles. The molecule has 0 atom stereocenters. The van der Waals surface area contributed by atoms with Gasteiger partial charge in [0.25, 0.3) is 5.91 Å². The number of para-hydroxylation sites is 1. The first-order chi connectivity index (χ1) is 9.11. The summed E-state index contributed by atoms with van der Waals surface area (Å²) in [6.45, 7) is 0. The van der Waals surface area contributed by atoms with Crippen LogP contribution in [0.15, 0.2) is 42.5 Å². The standard InChI is InChI=1S/C14H11Cl2NO2/c1-19-13-11(16)6-3-7-12(13)17-14(18)9-4-2-5-10(15)8-9/h2-8H,1H3,(H,17,18). The first-order valence-electron chi connectivity index (χ1n) is 5.51. The summed E-state index contributed by atoms with van der Waals surface area (Å²) in [6.07, 6.45) is 0. The van der Waals surface area contributed by atoms with Crippen LogP contribution in [-0.2, 0) is 0 Å². The van der Waals surface area contributed by atoms with E-state index in [0.717, 1.165) is 0 Å². The molecule has 0 radical (unpaired) electrons. The molecule has 0 spiro atoms. The molecule has 5 heteroatoms. The van der Waals surface area contributed by atoms with Gasteiger partial charge in [0, 0.05) is 10.6 Å². The van der Waals surface area contributed by atoms with Gasteiger partial charge in [-0.05, 0) is 30.3 Å². The lowest BCUT2D eigenvalue weighted by Crippen LogP contribution is -2.12. The van der Waals surface area contributed by atoms with Gasteiger partial charge in [-0.15, -0.1) is 0 Å². The van der Waals surface area contributed by atoms with E-state index < -0.39 is 0 Å². The number of hydrogen-bond acceptors (Lipinski definition) is 2. The number of nitrogens with one attached hydrogen (secondary N) is 1. The Hall–Kier alpha value is -1.71. The van der Waals surface area contributed by atoms with E-state index >= 15 is 0 Å². The molecule has 2 aromatic carbocycles. The Balaban J connectivity index is 2.27. The number of amides is 1. The van der Waals surface area contributed by atoms with Gasteiger partial charge < -0.3 is 10.1 Å². The van der Waals surface area contributed by atoms with Crippen molar-refractivity contribution < 1.29 is 9.53 Å². The van der Waals surface area contributed by atoms with Crippen molar-refractivity contribution in [3.8, 4) is 5.75 Å². The molecule has 98 valence electrons. The predicted octanol–water partition coefficient (Wildman–Crippen LogP) is 4.25. The van der Waals surface area contributed by atoms with Crippen molar-refractivity contribution in [2.24, 2.45) is 0 Å². The fourth-order valence-electron chi connectivity index (χ4n) is 1.64. The highest BCUT2D eigenvalue weighted by Gasteiger charge is 2.12. The molecule has 0 aliphatic heterocycles. The molecule has 0 unspecified atom stereocenters. The van der Waals surface area contributed by atoms with Crippen LogP contribution in [0, 0.1) is 0 Å². The van der Waals surface area contributed by atoms with E-state index in [2.05, 4.69) is 5.32 Å². The molecule has 1 amide bonds. The number of hydrogen-bond donors (Lipinski definition) is 1. The third kappa shape index (κ3) is 3.19. The number of carbonyl (C=O) groups is 1. The van der Waals surface area contributed by atoms with Crippen LogP contribution in [0.4, 0.5) is 5.69 Å². The van der Waals surface area contributed by atoms with Crippen molar-refractivity contribution in [3.63, 3.8) is 0 Å². The fourth-order valence-corrected chi connectivity index (χ4v) is 2.08. The second kappa shape index (κ2) is 5.95. The van der Waals surface area contributed by atoms with Crippen LogP contribution in [0.5, 0.6) is 5.75 Å². The van der Waals surface area contributed by atoms with Gasteiger partial charge >= 0.3 is 0 Å². The summed E-state index contributed by atoms with van der Waals surface area (Å²) in [5.74, 6) is 0.155. The van der Waals surface area contributed by atoms with Gasteiger partial charge in [-0.25, -0.2) is 0 Å². The van der Waals surface area contributed by atoms with Gasteiger partial charge in [-0.3, -0.25) is 4.79 Å². The highest BCUT2D eigenvalue weighted by atomic mass is 35.5. The van der Waals surface area contributed by atoms with Gasteiger partial charge in [0.1, 0.15) is 0 Å². The fraction of sp³-hybridized carbons (Fsp3) is 0.0714. The lowest BCUT2D eigenvalue weighted by molar-refractivity contribution is 0.102. The van der Waals surface area contributed by atoms with Gasteiger partial charge in [0.15, 0.2) is 5.75 Å². The van der Waals surface area contributed by atoms with Crippen LogP contribution in [0.3, 0.4) is 0 Å². The molecule has 19 heavy (non-hydrogen) atoms. The number of benzene rings is 2. The molecule has 0 heterocycles. The van der Waals surface area contributed by atoms with Crippen molar-refractivity contribution in [3.05, 3.63) is 58.1 Å². The molecule has 3 nitrogen and oxygen atoms in total. The SMILES string of the molecule is COc1c(Cl)cccc1NC(=O)c1cccc(Cl)c1. The van der Waals surface area contributed by atoms with Crippen molar-refractivity contribution in [2.45, 2.75) is 0 Å². The maximum absolute atomic E-state index is 12.1. The second-order valence-corrected chi connectivity index (χ2v) is 4.63. The maximum Gasteiger partial charge on any atom is 0.255 e. The largest absolute Gasteiger partial charge is 0.493 e. The Morgan fingerprint density at radius 2 is 1.89 bits per heavy atom. The van der Waals surface area contributed by atoms with E-state index in [1.165, 1.54) is 7.11 Å². The third-order valence-corrected chi connectivity index (χ3v) is 3.04. The minimum atomic E-state index is -0.275. The molecular formula is C14H11Cl2NO2. The molecule has 0 saturated heterocycles. The third-order valence-electron chi connectivity index (χ3n) is 2.51. The number of methoxy groups -OCH3 is 1. The summed E-state index contributed by atoms with van der Waals surface area (Å²) in [7, 11) is 1.50. The minimum absolute atomic E-state index is 0.275. The average molecular weight is 296 g/mol.